The van der Waals surface area contributed by atoms with Crippen molar-refractivity contribution in [3.63, 3.8) is 0 Å². The Morgan fingerprint density at radius 3 is 2.95 bits per heavy atom. The van der Waals surface area contributed by atoms with Crippen LogP contribution in [-0.2, 0) is 0 Å². The van der Waals surface area contributed by atoms with Crippen LogP contribution in [0.4, 0.5) is 5.13 Å². The number of hydrogen-bond donors (Lipinski definition) is 3. The minimum atomic E-state index is -0.699. The number of carbonyl (C=O) groups excluding carboxylic acids is 1. The zero-order chi connectivity index (χ0) is 14.8. The smallest absolute Gasteiger partial charge is 0.265 e. The number of piperidine rings is 1. The molecular formula is C13H21N3O3S. The number of aliphatic hydroxyl groups excluding tert-OH is 2. The highest BCUT2D eigenvalue weighted by Crippen LogP contribution is 2.36. The van der Waals surface area contributed by atoms with Crippen molar-refractivity contribution in [1.82, 2.24) is 9.88 Å². The van der Waals surface area contributed by atoms with Crippen molar-refractivity contribution in [1.29, 1.82) is 0 Å². The number of carbonyl (C=O) groups is 1. The molecule has 2 atom stereocenters. The molecule has 2 rings (SSSR count). The van der Waals surface area contributed by atoms with Gasteiger partial charge in [-0.15, -0.1) is 0 Å². The van der Waals surface area contributed by atoms with E-state index in [1.807, 2.05) is 6.92 Å². The Kier molecular flexibility index (Phi) is 4.62. The largest absolute Gasteiger partial charge is 0.396 e. The first kappa shape index (κ1) is 15.2. The van der Waals surface area contributed by atoms with Crippen molar-refractivity contribution in [2.24, 2.45) is 5.41 Å². The fourth-order valence-electron chi connectivity index (χ4n) is 2.80. The Bertz CT molecular complexity index is 479. The van der Waals surface area contributed by atoms with E-state index in [2.05, 4.69) is 4.98 Å². The van der Waals surface area contributed by atoms with Gasteiger partial charge in [-0.25, -0.2) is 4.98 Å². The van der Waals surface area contributed by atoms with E-state index in [0.29, 0.717) is 23.0 Å². The molecule has 1 saturated heterocycles. The summed E-state index contributed by atoms with van der Waals surface area (Å²) in [7, 11) is 0. The summed E-state index contributed by atoms with van der Waals surface area (Å²) in [5.41, 5.74) is 5.06. The Morgan fingerprint density at radius 1 is 1.70 bits per heavy atom. The van der Waals surface area contributed by atoms with Gasteiger partial charge < -0.3 is 20.8 Å². The zero-order valence-electron chi connectivity index (χ0n) is 11.6. The topological polar surface area (TPSA) is 99.7 Å². The van der Waals surface area contributed by atoms with Crippen LogP contribution in [0.3, 0.4) is 0 Å². The molecule has 4 N–H and O–H groups in total. The number of aromatic nitrogens is 1. The second-order valence-electron chi connectivity index (χ2n) is 5.35. The lowest BCUT2D eigenvalue weighted by atomic mass is 9.73. The first-order valence-electron chi connectivity index (χ1n) is 6.82. The van der Waals surface area contributed by atoms with Crippen LogP contribution in [0.1, 0.15) is 35.9 Å². The molecule has 1 amide bonds. The van der Waals surface area contributed by atoms with Crippen LogP contribution >= 0.6 is 11.3 Å². The number of anilines is 1. The van der Waals surface area contributed by atoms with Crippen molar-refractivity contribution in [2.75, 3.05) is 25.4 Å². The van der Waals surface area contributed by atoms with E-state index in [1.165, 1.54) is 6.20 Å². The molecule has 1 aromatic rings. The Morgan fingerprint density at radius 2 is 2.45 bits per heavy atom. The van der Waals surface area contributed by atoms with Gasteiger partial charge in [0.25, 0.3) is 5.91 Å². The number of thiazole rings is 1. The van der Waals surface area contributed by atoms with Crippen LogP contribution in [0.5, 0.6) is 0 Å². The van der Waals surface area contributed by atoms with Crippen LogP contribution in [-0.4, -0.2) is 51.8 Å². The first-order valence-corrected chi connectivity index (χ1v) is 7.63. The summed E-state index contributed by atoms with van der Waals surface area (Å²) in [6, 6.07) is 0. The Hall–Kier alpha value is -1.18. The van der Waals surface area contributed by atoms with Gasteiger partial charge >= 0.3 is 0 Å². The molecule has 20 heavy (non-hydrogen) atoms. The summed E-state index contributed by atoms with van der Waals surface area (Å²) in [5.74, 6) is -0.152. The zero-order valence-corrected chi connectivity index (χ0v) is 12.4. The fraction of sp³-hybridized carbons (Fsp3) is 0.692. The Balaban J connectivity index is 2.07. The summed E-state index contributed by atoms with van der Waals surface area (Å²) >= 11 is 1.15. The van der Waals surface area contributed by atoms with E-state index in [1.54, 1.807) is 4.90 Å². The number of nitrogen functional groups attached to an aromatic ring is 1. The predicted octanol–water partition coefficient (Wildman–Crippen LogP) is 0.711. The van der Waals surface area contributed by atoms with Crippen molar-refractivity contribution < 1.29 is 15.0 Å². The molecule has 0 unspecified atom stereocenters. The number of likely N-dealkylation sites (tertiary alicyclic amines) is 1. The van der Waals surface area contributed by atoms with Gasteiger partial charge in [0.05, 0.1) is 18.9 Å². The molecule has 0 aliphatic carbocycles. The molecular weight excluding hydrogens is 278 g/mol. The first-order chi connectivity index (χ1) is 9.52. The van der Waals surface area contributed by atoms with E-state index in [0.717, 1.165) is 24.2 Å². The molecule has 7 heteroatoms. The van der Waals surface area contributed by atoms with Gasteiger partial charge in [-0.1, -0.05) is 24.7 Å². The van der Waals surface area contributed by atoms with Crippen molar-refractivity contribution in [3.05, 3.63) is 11.1 Å². The van der Waals surface area contributed by atoms with E-state index >= 15 is 0 Å². The number of hydrogen-bond acceptors (Lipinski definition) is 6. The average Bonchev–Trinajstić information content (AvgIpc) is 2.87. The monoisotopic (exact) mass is 299 g/mol. The predicted molar refractivity (Wildman–Crippen MR) is 77.5 cm³/mol. The molecule has 1 aliphatic rings. The average molecular weight is 299 g/mol. The normalized spacial score (nSPS) is 26.8. The van der Waals surface area contributed by atoms with Crippen LogP contribution in [0.25, 0.3) is 0 Å². The quantitative estimate of drug-likeness (QED) is 0.760. The van der Waals surface area contributed by atoms with Crippen LogP contribution in [0, 0.1) is 5.41 Å². The second-order valence-corrected chi connectivity index (χ2v) is 6.41. The molecule has 0 aromatic carbocycles. The van der Waals surface area contributed by atoms with Crippen LogP contribution < -0.4 is 5.73 Å². The number of β-amino-alcohol motifs (C(OH)–C–C–N with tert-alkyl or cyclic N) is 1. The molecule has 0 radical (unpaired) electrons. The fourth-order valence-corrected chi connectivity index (χ4v) is 3.45. The summed E-state index contributed by atoms with van der Waals surface area (Å²) in [6.07, 6.45) is 3.04. The van der Waals surface area contributed by atoms with Gasteiger partial charge in [-0.3, -0.25) is 4.79 Å². The number of rotatable bonds is 4. The minimum Gasteiger partial charge on any atom is -0.396 e. The molecule has 0 bridgehead atoms. The van der Waals surface area contributed by atoms with Gasteiger partial charge in [0, 0.05) is 18.5 Å². The Labute approximate surface area is 122 Å². The van der Waals surface area contributed by atoms with E-state index in [4.69, 9.17) is 5.73 Å². The van der Waals surface area contributed by atoms with Gasteiger partial charge in [0.2, 0.25) is 0 Å². The third kappa shape index (κ3) is 2.79. The highest BCUT2D eigenvalue weighted by Gasteiger charge is 2.42. The summed E-state index contributed by atoms with van der Waals surface area (Å²) in [4.78, 5) is 18.3. The lowest BCUT2D eigenvalue weighted by molar-refractivity contribution is -0.0712. The van der Waals surface area contributed by atoms with Crippen molar-refractivity contribution in [3.8, 4) is 0 Å². The van der Waals surface area contributed by atoms with E-state index in [-0.39, 0.29) is 19.1 Å². The third-order valence-corrected chi connectivity index (χ3v) is 4.88. The lowest BCUT2D eigenvalue weighted by Gasteiger charge is -2.44. The molecule has 1 fully saturated rings. The molecule has 112 valence electrons. The molecule has 2 heterocycles. The molecule has 0 saturated carbocycles. The van der Waals surface area contributed by atoms with Gasteiger partial charge in [0.15, 0.2) is 5.13 Å². The maximum absolute atomic E-state index is 12.3. The number of nitrogens with zero attached hydrogens (tertiary/aromatic N) is 2. The number of nitrogens with two attached hydrogens (primary N) is 1. The van der Waals surface area contributed by atoms with Gasteiger partial charge in [-0.2, -0.15) is 0 Å². The SMILES string of the molecule is CCC[C@]1(CO)CCN(C(=O)c2cnc(N)s2)C[C@H]1O. The maximum atomic E-state index is 12.3. The summed E-state index contributed by atoms with van der Waals surface area (Å²) < 4.78 is 0. The van der Waals surface area contributed by atoms with E-state index < -0.39 is 11.5 Å². The molecule has 6 nitrogen and oxygen atoms in total. The number of aliphatic hydroxyl groups is 2. The lowest BCUT2D eigenvalue weighted by Crippen LogP contribution is -2.54. The molecule has 1 aliphatic heterocycles. The van der Waals surface area contributed by atoms with Crippen molar-refractivity contribution >= 4 is 22.4 Å². The summed E-state index contributed by atoms with van der Waals surface area (Å²) in [5, 5.41) is 20.3. The van der Waals surface area contributed by atoms with Crippen LogP contribution in [0.15, 0.2) is 6.20 Å². The second kappa shape index (κ2) is 6.07. The maximum Gasteiger partial charge on any atom is 0.265 e. The number of amides is 1. The van der Waals surface area contributed by atoms with Gasteiger partial charge in [0.1, 0.15) is 4.88 Å². The van der Waals surface area contributed by atoms with Crippen molar-refractivity contribution in [2.45, 2.75) is 32.3 Å². The molecule has 0 spiro atoms. The van der Waals surface area contributed by atoms with E-state index in [9.17, 15) is 15.0 Å². The third-order valence-electron chi connectivity index (χ3n) is 4.06. The highest BCUT2D eigenvalue weighted by atomic mass is 32.1. The minimum absolute atomic E-state index is 0.0441. The summed E-state index contributed by atoms with van der Waals surface area (Å²) in [6.45, 7) is 2.77. The van der Waals surface area contributed by atoms with Gasteiger partial charge in [-0.05, 0) is 12.8 Å². The highest BCUT2D eigenvalue weighted by molar-refractivity contribution is 7.17. The van der Waals surface area contributed by atoms with Crippen LogP contribution in [0.2, 0.25) is 0 Å². The standard InChI is InChI=1S/C13H21N3O3S/c1-2-3-13(8-17)4-5-16(7-10(13)18)11(19)9-6-15-12(14)20-9/h6,10,17-18H,2-5,7-8H2,1H3,(H2,14,15)/t10-,13-/m1/s1. The molecule has 1 aromatic heterocycles.